The van der Waals surface area contributed by atoms with Crippen LogP contribution in [0, 0.1) is 5.82 Å². The molecule has 0 unspecified atom stereocenters. The summed E-state index contributed by atoms with van der Waals surface area (Å²) in [6.45, 7) is 1.83. The molecule has 0 saturated carbocycles. The van der Waals surface area contributed by atoms with Crippen molar-refractivity contribution in [2.24, 2.45) is 5.73 Å². The van der Waals surface area contributed by atoms with Gasteiger partial charge in [0.15, 0.2) is 0 Å². The van der Waals surface area contributed by atoms with Gasteiger partial charge in [0.2, 0.25) is 0 Å². The highest BCUT2D eigenvalue weighted by molar-refractivity contribution is 7.99. The van der Waals surface area contributed by atoms with Crippen LogP contribution in [-0.2, 0) is 0 Å². The fraction of sp³-hybridized carbons (Fsp3) is 0.154. The lowest BCUT2D eigenvalue weighted by molar-refractivity contribution is 0.619. The molecule has 0 saturated heterocycles. The van der Waals surface area contributed by atoms with Crippen molar-refractivity contribution in [3.05, 3.63) is 52.9 Å². The first-order chi connectivity index (χ1) is 8.56. The van der Waals surface area contributed by atoms with Crippen molar-refractivity contribution in [2.45, 2.75) is 22.9 Å². The maximum Gasteiger partial charge on any atom is 0.123 e. The van der Waals surface area contributed by atoms with Crippen molar-refractivity contribution in [1.29, 1.82) is 0 Å². The number of nitrogens with zero attached hydrogens (tertiary/aromatic N) is 1. The molecule has 0 radical (unpaired) electrons. The first-order valence-corrected chi connectivity index (χ1v) is 6.60. The first-order valence-electron chi connectivity index (χ1n) is 5.40. The van der Waals surface area contributed by atoms with Crippen LogP contribution >= 0.6 is 23.4 Å². The second kappa shape index (κ2) is 5.69. The Kier molecular flexibility index (Phi) is 4.22. The van der Waals surface area contributed by atoms with E-state index in [1.54, 1.807) is 18.3 Å². The standard InChI is InChI=1S/C13H12ClFN2S/c1-8(16)11-6-10(15)3-4-12(11)18-13-5-2-9(14)7-17-13/h2-8H,16H2,1H3/t8-/m0/s1. The molecular weight excluding hydrogens is 271 g/mol. The Morgan fingerprint density at radius 1 is 1.33 bits per heavy atom. The lowest BCUT2D eigenvalue weighted by Gasteiger charge is -2.12. The molecule has 94 valence electrons. The third-order valence-corrected chi connectivity index (χ3v) is 3.64. The Balaban J connectivity index is 2.31. The number of hydrogen-bond acceptors (Lipinski definition) is 3. The minimum absolute atomic E-state index is 0.226. The Morgan fingerprint density at radius 3 is 2.72 bits per heavy atom. The summed E-state index contributed by atoms with van der Waals surface area (Å²) in [5.74, 6) is -0.282. The lowest BCUT2D eigenvalue weighted by Crippen LogP contribution is -2.06. The van der Waals surface area contributed by atoms with Gasteiger partial charge in [-0.2, -0.15) is 0 Å². The van der Waals surface area contributed by atoms with E-state index in [0.29, 0.717) is 5.02 Å². The smallest absolute Gasteiger partial charge is 0.123 e. The zero-order chi connectivity index (χ0) is 13.1. The van der Waals surface area contributed by atoms with Gasteiger partial charge >= 0.3 is 0 Å². The molecule has 0 amide bonds. The van der Waals surface area contributed by atoms with Crippen molar-refractivity contribution >= 4 is 23.4 Å². The summed E-state index contributed by atoms with van der Waals surface area (Å²) in [4.78, 5) is 5.10. The van der Waals surface area contributed by atoms with E-state index in [2.05, 4.69) is 4.98 Å². The van der Waals surface area contributed by atoms with Crippen LogP contribution in [0.2, 0.25) is 5.02 Å². The van der Waals surface area contributed by atoms with E-state index < -0.39 is 0 Å². The van der Waals surface area contributed by atoms with Crippen LogP contribution in [0.3, 0.4) is 0 Å². The van der Waals surface area contributed by atoms with Crippen LogP contribution < -0.4 is 5.73 Å². The van der Waals surface area contributed by atoms with Gasteiger partial charge in [0.05, 0.1) is 5.02 Å². The molecule has 2 nitrogen and oxygen atoms in total. The quantitative estimate of drug-likeness (QED) is 0.923. The summed E-state index contributed by atoms with van der Waals surface area (Å²) in [6.07, 6.45) is 1.58. The molecule has 18 heavy (non-hydrogen) atoms. The summed E-state index contributed by atoms with van der Waals surface area (Å²) in [5, 5.41) is 1.39. The number of aromatic nitrogens is 1. The van der Waals surface area contributed by atoms with Gasteiger partial charge in [-0.3, -0.25) is 0 Å². The van der Waals surface area contributed by atoms with Crippen molar-refractivity contribution in [3.8, 4) is 0 Å². The number of halogens is 2. The number of rotatable bonds is 3. The lowest BCUT2D eigenvalue weighted by atomic mass is 10.1. The van der Waals surface area contributed by atoms with Gasteiger partial charge in [-0.15, -0.1) is 0 Å². The number of benzene rings is 1. The number of hydrogen-bond donors (Lipinski definition) is 1. The van der Waals surface area contributed by atoms with Crippen LogP contribution in [0.4, 0.5) is 4.39 Å². The molecule has 1 aromatic heterocycles. The van der Waals surface area contributed by atoms with Crippen molar-refractivity contribution in [1.82, 2.24) is 4.98 Å². The van der Waals surface area contributed by atoms with E-state index in [-0.39, 0.29) is 11.9 Å². The third kappa shape index (κ3) is 3.22. The van der Waals surface area contributed by atoms with E-state index in [0.717, 1.165) is 15.5 Å². The molecular formula is C13H12ClFN2S. The fourth-order valence-corrected chi connectivity index (χ4v) is 2.58. The predicted molar refractivity (Wildman–Crippen MR) is 72.4 cm³/mol. The van der Waals surface area contributed by atoms with E-state index >= 15 is 0 Å². The van der Waals surface area contributed by atoms with Crippen LogP contribution in [-0.4, -0.2) is 4.98 Å². The topological polar surface area (TPSA) is 38.9 Å². The Hall–Kier alpha value is -1.10. The summed E-state index contributed by atoms with van der Waals surface area (Å²) in [6, 6.07) is 7.96. The molecule has 0 aliphatic rings. The SMILES string of the molecule is C[C@H](N)c1cc(F)ccc1Sc1ccc(Cl)cn1. The Bertz CT molecular complexity index is 543. The average molecular weight is 283 g/mol. The van der Waals surface area contributed by atoms with Crippen molar-refractivity contribution < 1.29 is 4.39 Å². The maximum atomic E-state index is 13.2. The highest BCUT2D eigenvalue weighted by Crippen LogP contribution is 2.32. The normalized spacial score (nSPS) is 12.4. The highest BCUT2D eigenvalue weighted by Gasteiger charge is 2.10. The van der Waals surface area contributed by atoms with Gasteiger partial charge in [0.25, 0.3) is 0 Å². The molecule has 1 atom stereocenters. The van der Waals surface area contributed by atoms with Crippen LogP contribution in [0.25, 0.3) is 0 Å². The van der Waals surface area contributed by atoms with Gasteiger partial charge in [0.1, 0.15) is 10.8 Å². The predicted octanol–water partition coefficient (Wildman–Crippen LogP) is 4.05. The Labute approximate surface area is 114 Å². The van der Waals surface area contributed by atoms with Gasteiger partial charge in [0, 0.05) is 17.1 Å². The summed E-state index contributed by atoms with van der Waals surface area (Å²) < 4.78 is 13.2. The minimum atomic E-state index is -0.282. The van der Waals surface area contributed by atoms with E-state index in [9.17, 15) is 4.39 Å². The minimum Gasteiger partial charge on any atom is -0.324 e. The zero-order valence-electron chi connectivity index (χ0n) is 9.73. The molecule has 0 fully saturated rings. The zero-order valence-corrected chi connectivity index (χ0v) is 11.3. The van der Waals surface area contributed by atoms with Gasteiger partial charge in [-0.1, -0.05) is 23.4 Å². The summed E-state index contributed by atoms with van der Waals surface area (Å²) in [5.41, 5.74) is 6.61. The van der Waals surface area contributed by atoms with Gasteiger partial charge in [-0.25, -0.2) is 9.37 Å². The van der Waals surface area contributed by atoms with E-state index in [1.807, 2.05) is 13.0 Å². The molecule has 0 bridgehead atoms. The summed E-state index contributed by atoms with van der Waals surface area (Å²) in [7, 11) is 0. The number of nitrogens with two attached hydrogens (primary N) is 1. The van der Waals surface area contributed by atoms with Crippen LogP contribution in [0.1, 0.15) is 18.5 Å². The monoisotopic (exact) mass is 282 g/mol. The van der Waals surface area contributed by atoms with Gasteiger partial charge in [-0.05, 0) is 42.8 Å². The van der Waals surface area contributed by atoms with Crippen molar-refractivity contribution in [2.75, 3.05) is 0 Å². The van der Waals surface area contributed by atoms with E-state index in [4.69, 9.17) is 17.3 Å². The molecule has 1 aromatic carbocycles. The second-order valence-corrected chi connectivity index (χ2v) is 5.39. The van der Waals surface area contributed by atoms with Crippen molar-refractivity contribution in [3.63, 3.8) is 0 Å². The van der Waals surface area contributed by atoms with E-state index in [1.165, 1.54) is 23.9 Å². The summed E-state index contributed by atoms with van der Waals surface area (Å²) >= 11 is 7.22. The van der Waals surface area contributed by atoms with Gasteiger partial charge < -0.3 is 5.73 Å². The molecule has 2 N–H and O–H groups in total. The second-order valence-electron chi connectivity index (χ2n) is 3.89. The molecule has 2 aromatic rings. The average Bonchev–Trinajstić information content (AvgIpc) is 2.34. The Morgan fingerprint density at radius 2 is 2.11 bits per heavy atom. The highest BCUT2D eigenvalue weighted by atomic mass is 35.5. The third-order valence-electron chi connectivity index (χ3n) is 2.38. The first kappa shape index (κ1) is 13.3. The molecule has 2 rings (SSSR count). The van der Waals surface area contributed by atoms with Crippen LogP contribution in [0.5, 0.6) is 0 Å². The molecule has 0 aliphatic heterocycles. The molecule has 0 aliphatic carbocycles. The molecule has 0 spiro atoms. The largest absolute Gasteiger partial charge is 0.324 e. The molecule has 1 heterocycles. The molecule has 5 heteroatoms. The van der Waals surface area contributed by atoms with Crippen LogP contribution in [0.15, 0.2) is 46.5 Å². The fourth-order valence-electron chi connectivity index (χ4n) is 1.50. The maximum absolute atomic E-state index is 13.2. The number of pyridine rings is 1.